The highest BCUT2D eigenvalue weighted by Gasteiger charge is 2.39. The van der Waals surface area contributed by atoms with Gasteiger partial charge in [-0.3, -0.25) is 4.79 Å². The van der Waals surface area contributed by atoms with Crippen molar-refractivity contribution in [1.29, 1.82) is 0 Å². The summed E-state index contributed by atoms with van der Waals surface area (Å²) in [5, 5.41) is 18.5. The highest BCUT2D eigenvalue weighted by Crippen LogP contribution is 2.45. The van der Waals surface area contributed by atoms with Crippen LogP contribution in [0.5, 0.6) is 0 Å². The van der Waals surface area contributed by atoms with E-state index in [0.717, 1.165) is 27.6 Å². The fraction of sp³-hybridized carbons (Fsp3) is 0.143. The minimum Gasteiger partial charge on any atom is -0.411 e. The molecule has 0 unspecified atom stereocenters. The zero-order valence-corrected chi connectivity index (χ0v) is 14.9. The van der Waals surface area contributed by atoms with Gasteiger partial charge >= 0.3 is 0 Å². The maximum absolute atomic E-state index is 12.8. The first-order chi connectivity index (χ1) is 12.6. The number of carbonyl (C=O) groups excluding carboxylic acids is 1. The SMILES string of the molecule is C/C(=N\O)[C@H]1C(=O)Nc2ccc3ccccc3c2[C@@H]1c1ccc(Cl)cc1. The largest absolute Gasteiger partial charge is 0.411 e. The molecule has 3 aromatic rings. The van der Waals surface area contributed by atoms with E-state index in [-0.39, 0.29) is 11.8 Å². The summed E-state index contributed by atoms with van der Waals surface area (Å²) in [5.41, 5.74) is 3.14. The Labute approximate surface area is 156 Å². The fourth-order valence-corrected chi connectivity index (χ4v) is 3.92. The van der Waals surface area contributed by atoms with E-state index in [1.807, 2.05) is 54.6 Å². The molecule has 0 saturated carbocycles. The predicted molar refractivity (Wildman–Crippen MR) is 104 cm³/mol. The Morgan fingerprint density at radius 3 is 2.54 bits per heavy atom. The summed E-state index contributed by atoms with van der Waals surface area (Å²) in [4.78, 5) is 12.8. The number of halogens is 1. The maximum atomic E-state index is 12.8. The summed E-state index contributed by atoms with van der Waals surface area (Å²) in [5.74, 6) is -1.04. The number of nitrogens with zero attached hydrogens (tertiary/aromatic N) is 1. The van der Waals surface area contributed by atoms with E-state index < -0.39 is 5.92 Å². The van der Waals surface area contributed by atoms with Crippen LogP contribution in [-0.2, 0) is 4.79 Å². The lowest BCUT2D eigenvalue weighted by molar-refractivity contribution is -0.118. The summed E-state index contributed by atoms with van der Waals surface area (Å²) >= 11 is 6.06. The summed E-state index contributed by atoms with van der Waals surface area (Å²) in [7, 11) is 0. The van der Waals surface area contributed by atoms with Crippen molar-refractivity contribution in [2.75, 3.05) is 5.32 Å². The molecule has 0 spiro atoms. The van der Waals surface area contributed by atoms with Gasteiger partial charge in [0.15, 0.2) is 0 Å². The van der Waals surface area contributed by atoms with Crippen molar-refractivity contribution in [1.82, 2.24) is 0 Å². The van der Waals surface area contributed by atoms with Crippen molar-refractivity contribution < 1.29 is 10.0 Å². The second kappa shape index (κ2) is 6.46. The molecular formula is C21H17ClN2O2. The van der Waals surface area contributed by atoms with Gasteiger partial charge in [0.1, 0.15) is 0 Å². The average Bonchev–Trinajstić information content (AvgIpc) is 2.67. The van der Waals surface area contributed by atoms with Crippen LogP contribution in [-0.4, -0.2) is 16.8 Å². The molecule has 2 atom stereocenters. The van der Waals surface area contributed by atoms with Gasteiger partial charge in [-0.2, -0.15) is 0 Å². The molecule has 5 heteroatoms. The van der Waals surface area contributed by atoms with Gasteiger partial charge in [0.2, 0.25) is 5.91 Å². The number of oxime groups is 1. The molecule has 1 aliphatic heterocycles. The van der Waals surface area contributed by atoms with Crippen LogP contribution in [0.2, 0.25) is 5.02 Å². The third-order valence-corrected chi connectivity index (χ3v) is 5.24. The lowest BCUT2D eigenvalue weighted by Gasteiger charge is -2.34. The van der Waals surface area contributed by atoms with Gasteiger partial charge in [-0.15, -0.1) is 0 Å². The fourth-order valence-electron chi connectivity index (χ4n) is 3.79. The highest BCUT2D eigenvalue weighted by molar-refractivity contribution is 6.30. The Balaban J connectivity index is 2.04. The number of rotatable bonds is 2. The van der Waals surface area contributed by atoms with E-state index in [0.29, 0.717) is 10.7 Å². The van der Waals surface area contributed by atoms with E-state index in [2.05, 4.69) is 16.5 Å². The second-order valence-corrected chi connectivity index (χ2v) is 6.92. The van der Waals surface area contributed by atoms with Gasteiger partial charge in [-0.1, -0.05) is 59.2 Å². The van der Waals surface area contributed by atoms with Gasteiger partial charge in [-0.25, -0.2) is 0 Å². The molecule has 4 rings (SSSR count). The van der Waals surface area contributed by atoms with Crippen LogP contribution in [0.15, 0.2) is 65.8 Å². The number of benzene rings is 3. The topological polar surface area (TPSA) is 61.7 Å². The first-order valence-electron chi connectivity index (χ1n) is 8.36. The van der Waals surface area contributed by atoms with E-state index in [9.17, 15) is 10.0 Å². The van der Waals surface area contributed by atoms with Gasteiger partial charge < -0.3 is 10.5 Å². The van der Waals surface area contributed by atoms with E-state index in [1.165, 1.54) is 0 Å². The zero-order chi connectivity index (χ0) is 18.3. The maximum Gasteiger partial charge on any atom is 0.234 e. The van der Waals surface area contributed by atoms with E-state index in [1.54, 1.807) is 6.92 Å². The van der Waals surface area contributed by atoms with Gasteiger partial charge in [0.25, 0.3) is 0 Å². The smallest absolute Gasteiger partial charge is 0.234 e. The third-order valence-electron chi connectivity index (χ3n) is 4.99. The molecule has 0 aliphatic carbocycles. The summed E-state index contributed by atoms with van der Waals surface area (Å²) < 4.78 is 0. The number of amides is 1. The van der Waals surface area contributed by atoms with E-state index >= 15 is 0 Å². The van der Waals surface area contributed by atoms with Crippen LogP contribution in [0.4, 0.5) is 5.69 Å². The van der Waals surface area contributed by atoms with Crippen LogP contribution in [0, 0.1) is 5.92 Å². The van der Waals surface area contributed by atoms with Crippen molar-refractivity contribution in [2.45, 2.75) is 12.8 Å². The predicted octanol–water partition coefficient (Wildman–Crippen LogP) is 5.04. The van der Waals surface area contributed by atoms with Crippen LogP contribution >= 0.6 is 11.6 Å². The summed E-state index contributed by atoms with van der Waals surface area (Å²) in [6, 6.07) is 19.5. The third kappa shape index (κ3) is 2.63. The zero-order valence-electron chi connectivity index (χ0n) is 14.1. The van der Waals surface area contributed by atoms with Crippen molar-refractivity contribution >= 4 is 39.7 Å². The molecule has 0 aromatic heterocycles. The van der Waals surface area contributed by atoms with Crippen LogP contribution < -0.4 is 5.32 Å². The minimum absolute atomic E-state index is 0.178. The van der Waals surface area contributed by atoms with Crippen molar-refractivity contribution in [3.8, 4) is 0 Å². The Morgan fingerprint density at radius 2 is 1.81 bits per heavy atom. The van der Waals surface area contributed by atoms with Gasteiger partial charge in [0, 0.05) is 16.6 Å². The Morgan fingerprint density at radius 1 is 1.08 bits per heavy atom. The summed E-state index contributed by atoms with van der Waals surface area (Å²) in [6.07, 6.45) is 0. The molecule has 0 fully saturated rings. The number of anilines is 1. The van der Waals surface area contributed by atoms with Gasteiger partial charge in [-0.05, 0) is 47.0 Å². The standard InChI is InChI=1S/C21H17ClN2O2/c1-12(24-26)18-19(14-6-9-15(22)10-7-14)20-16-5-3-2-4-13(16)8-11-17(20)23-21(18)25/h2-11,18-19,26H,1H3,(H,23,25)/b24-12+/t18-,19-/m1/s1. The first-order valence-corrected chi connectivity index (χ1v) is 8.74. The Kier molecular flexibility index (Phi) is 4.13. The molecule has 4 nitrogen and oxygen atoms in total. The first kappa shape index (κ1) is 16.6. The number of hydrogen-bond donors (Lipinski definition) is 2. The van der Waals surface area contributed by atoms with Crippen LogP contribution in [0.3, 0.4) is 0 Å². The second-order valence-electron chi connectivity index (χ2n) is 6.49. The van der Waals surface area contributed by atoms with Gasteiger partial charge in [0.05, 0.1) is 11.6 Å². The molecule has 0 radical (unpaired) electrons. The van der Waals surface area contributed by atoms with Crippen molar-refractivity contribution in [3.63, 3.8) is 0 Å². The molecule has 26 heavy (non-hydrogen) atoms. The molecule has 1 amide bonds. The Bertz CT molecular complexity index is 1030. The molecular weight excluding hydrogens is 348 g/mol. The summed E-state index contributed by atoms with van der Waals surface area (Å²) in [6.45, 7) is 1.67. The highest BCUT2D eigenvalue weighted by atomic mass is 35.5. The lowest BCUT2D eigenvalue weighted by atomic mass is 9.73. The van der Waals surface area contributed by atoms with Crippen molar-refractivity contribution in [3.05, 3.63) is 76.8 Å². The molecule has 130 valence electrons. The minimum atomic E-state index is -0.598. The number of nitrogens with one attached hydrogen (secondary N) is 1. The van der Waals surface area contributed by atoms with Crippen LogP contribution in [0.25, 0.3) is 10.8 Å². The number of hydrogen-bond acceptors (Lipinski definition) is 3. The quantitative estimate of drug-likeness (QED) is 0.380. The molecule has 2 N–H and O–H groups in total. The molecule has 0 bridgehead atoms. The molecule has 3 aromatic carbocycles. The number of carbonyl (C=O) groups is 1. The number of fused-ring (bicyclic) bond motifs is 3. The molecule has 1 heterocycles. The lowest BCUT2D eigenvalue weighted by Crippen LogP contribution is -2.38. The van der Waals surface area contributed by atoms with Crippen LogP contribution in [0.1, 0.15) is 24.0 Å². The average molecular weight is 365 g/mol. The van der Waals surface area contributed by atoms with Crippen molar-refractivity contribution in [2.24, 2.45) is 11.1 Å². The molecule has 0 saturated heterocycles. The normalized spacial score (nSPS) is 19.9. The van der Waals surface area contributed by atoms with E-state index in [4.69, 9.17) is 11.6 Å². The molecule has 1 aliphatic rings. The monoisotopic (exact) mass is 364 g/mol. The Hall–Kier alpha value is -2.85.